The Bertz CT molecular complexity index is 1080. The van der Waals surface area contributed by atoms with Crippen LogP contribution in [0.1, 0.15) is 26.7 Å². The maximum absolute atomic E-state index is 12.4. The van der Waals surface area contributed by atoms with E-state index in [1.165, 1.54) is 19.2 Å². The van der Waals surface area contributed by atoms with Crippen LogP contribution in [0.5, 0.6) is 5.75 Å². The van der Waals surface area contributed by atoms with E-state index in [0.29, 0.717) is 22.8 Å². The van der Waals surface area contributed by atoms with Crippen molar-refractivity contribution in [2.75, 3.05) is 19.0 Å². The number of halogens is 1. The number of nitrogens with one attached hydrogen (secondary N) is 2. The Morgan fingerprint density at radius 1 is 1.00 bits per heavy atom. The van der Waals surface area contributed by atoms with E-state index in [2.05, 4.69) is 31.3 Å². The van der Waals surface area contributed by atoms with Gasteiger partial charge in [0.1, 0.15) is 24.7 Å². The monoisotopic (exact) mass is 486 g/mol. The van der Waals surface area contributed by atoms with Gasteiger partial charge in [0, 0.05) is 15.7 Å². The SMILES string of the molecule is COC(=O)CNC(=O)c1ccc(NC(=O)c2ccc(COc3cccc(Br)c3)o2)cc1. The van der Waals surface area contributed by atoms with E-state index >= 15 is 0 Å². The van der Waals surface area contributed by atoms with Crippen LogP contribution in [0, 0.1) is 0 Å². The van der Waals surface area contributed by atoms with Crippen molar-refractivity contribution in [3.05, 3.63) is 82.2 Å². The summed E-state index contributed by atoms with van der Waals surface area (Å²) in [6, 6.07) is 16.8. The number of ether oxygens (including phenoxy) is 2. The highest BCUT2D eigenvalue weighted by Crippen LogP contribution is 2.20. The standard InChI is InChI=1S/C22H19BrN2O6/c1-29-20(26)12-24-21(27)14-5-7-16(8-6-14)25-22(28)19-10-9-18(31-19)13-30-17-4-2-3-15(23)11-17/h2-11H,12-13H2,1H3,(H,24,27)(H,25,28). The molecular formula is C22H19BrN2O6. The van der Waals surface area contributed by atoms with Gasteiger partial charge >= 0.3 is 5.97 Å². The van der Waals surface area contributed by atoms with Crippen LogP contribution in [0.15, 0.2) is 69.6 Å². The molecule has 31 heavy (non-hydrogen) atoms. The third-order valence-corrected chi connectivity index (χ3v) is 4.58. The molecular weight excluding hydrogens is 468 g/mol. The first-order valence-corrected chi connectivity index (χ1v) is 9.97. The molecule has 0 aliphatic carbocycles. The molecule has 1 heterocycles. The maximum Gasteiger partial charge on any atom is 0.325 e. The summed E-state index contributed by atoms with van der Waals surface area (Å²) in [6.07, 6.45) is 0. The van der Waals surface area contributed by atoms with Gasteiger partial charge in [-0.2, -0.15) is 0 Å². The molecule has 2 amide bonds. The molecule has 8 nitrogen and oxygen atoms in total. The van der Waals surface area contributed by atoms with Crippen LogP contribution in [0.3, 0.4) is 0 Å². The molecule has 0 aliphatic rings. The molecule has 0 saturated heterocycles. The number of methoxy groups -OCH3 is 1. The first-order valence-electron chi connectivity index (χ1n) is 9.18. The summed E-state index contributed by atoms with van der Waals surface area (Å²) < 4.78 is 16.5. The Hall–Kier alpha value is -3.59. The smallest absolute Gasteiger partial charge is 0.325 e. The van der Waals surface area contributed by atoms with Crippen LogP contribution in [0.25, 0.3) is 0 Å². The van der Waals surface area contributed by atoms with E-state index in [1.54, 1.807) is 24.3 Å². The minimum absolute atomic E-state index is 0.132. The molecule has 3 rings (SSSR count). The molecule has 1 aromatic heterocycles. The largest absolute Gasteiger partial charge is 0.486 e. The number of carbonyl (C=O) groups excluding carboxylic acids is 3. The minimum atomic E-state index is -0.544. The topological polar surface area (TPSA) is 107 Å². The zero-order valence-corrected chi connectivity index (χ0v) is 18.1. The van der Waals surface area contributed by atoms with E-state index in [9.17, 15) is 14.4 Å². The Kier molecular flexibility index (Phi) is 7.45. The summed E-state index contributed by atoms with van der Waals surface area (Å²) in [5.74, 6) is -0.0962. The maximum atomic E-state index is 12.4. The Balaban J connectivity index is 1.53. The van der Waals surface area contributed by atoms with E-state index in [1.807, 2.05) is 24.3 Å². The van der Waals surface area contributed by atoms with Crippen molar-refractivity contribution in [1.29, 1.82) is 0 Å². The summed E-state index contributed by atoms with van der Waals surface area (Å²) in [5, 5.41) is 5.13. The molecule has 3 aromatic rings. The van der Waals surface area contributed by atoms with Gasteiger partial charge < -0.3 is 24.5 Å². The van der Waals surface area contributed by atoms with Crippen molar-refractivity contribution in [3.63, 3.8) is 0 Å². The summed E-state index contributed by atoms with van der Waals surface area (Å²) in [6.45, 7) is -0.0426. The van der Waals surface area contributed by atoms with Gasteiger partial charge in [-0.25, -0.2) is 0 Å². The lowest BCUT2D eigenvalue weighted by Crippen LogP contribution is -2.30. The predicted molar refractivity (Wildman–Crippen MR) is 116 cm³/mol. The van der Waals surface area contributed by atoms with Gasteiger partial charge in [-0.3, -0.25) is 14.4 Å². The normalized spacial score (nSPS) is 10.3. The Morgan fingerprint density at radius 2 is 1.77 bits per heavy atom. The molecule has 0 saturated carbocycles. The number of amides is 2. The number of hydrogen-bond acceptors (Lipinski definition) is 6. The van der Waals surface area contributed by atoms with Crippen molar-refractivity contribution < 1.29 is 28.3 Å². The fourth-order valence-corrected chi connectivity index (χ4v) is 2.89. The molecule has 9 heteroatoms. The first-order chi connectivity index (χ1) is 14.9. The van der Waals surface area contributed by atoms with E-state index < -0.39 is 17.8 Å². The molecule has 0 spiro atoms. The van der Waals surface area contributed by atoms with Gasteiger partial charge in [-0.05, 0) is 54.6 Å². The fourth-order valence-electron chi connectivity index (χ4n) is 2.51. The molecule has 2 N–H and O–H groups in total. The highest BCUT2D eigenvalue weighted by atomic mass is 79.9. The van der Waals surface area contributed by atoms with E-state index in [0.717, 1.165) is 4.47 Å². The zero-order valence-electron chi connectivity index (χ0n) is 16.5. The second kappa shape index (κ2) is 10.4. The Morgan fingerprint density at radius 3 is 2.48 bits per heavy atom. The van der Waals surface area contributed by atoms with Crippen LogP contribution in [-0.4, -0.2) is 31.4 Å². The molecule has 2 aromatic carbocycles. The number of furan rings is 1. The predicted octanol–water partition coefficient (Wildman–Crippen LogP) is 3.78. The quantitative estimate of drug-likeness (QED) is 0.469. The number of hydrogen-bond donors (Lipinski definition) is 2. The zero-order chi connectivity index (χ0) is 22.2. The summed E-state index contributed by atoms with van der Waals surface area (Å²) in [4.78, 5) is 35.4. The highest BCUT2D eigenvalue weighted by molar-refractivity contribution is 9.10. The molecule has 0 atom stereocenters. The lowest BCUT2D eigenvalue weighted by atomic mass is 10.2. The van der Waals surface area contributed by atoms with Crippen molar-refractivity contribution in [2.45, 2.75) is 6.61 Å². The summed E-state index contributed by atoms with van der Waals surface area (Å²) in [5.41, 5.74) is 0.824. The average Bonchev–Trinajstić information content (AvgIpc) is 3.25. The van der Waals surface area contributed by atoms with E-state index in [-0.39, 0.29) is 18.9 Å². The Labute approximate surface area is 186 Å². The molecule has 0 fully saturated rings. The number of esters is 1. The molecule has 0 unspecified atom stereocenters. The average molecular weight is 487 g/mol. The van der Waals surface area contributed by atoms with Gasteiger partial charge in [-0.15, -0.1) is 0 Å². The third-order valence-electron chi connectivity index (χ3n) is 4.09. The number of carbonyl (C=O) groups is 3. The number of rotatable bonds is 8. The number of anilines is 1. The molecule has 0 aliphatic heterocycles. The minimum Gasteiger partial charge on any atom is -0.486 e. The van der Waals surface area contributed by atoms with Crippen molar-refractivity contribution in [1.82, 2.24) is 5.32 Å². The van der Waals surface area contributed by atoms with E-state index in [4.69, 9.17) is 9.15 Å². The highest BCUT2D eigenvalue weighted by Gasteiger charge is 2.13. The van der Waals surface area contributed by atoms with Gasteiger partial charge in [0.2, 0.25) is 0 Å². The van der Waals surface area contributed by atoms with Gasteiger partial charge in [0.25, 0.3) is 11.8 Å². The first kappa shape index (κ1) is 22.1. The molecule has 0 bridgehead atoms. The van der Waals surface area contributed by atoms with Gasteiger partial charge in [0.05, 0.1) is 7.11 Å². The van der Waals surface area contributed by atoms with Crippen LogP contribution in [0.2, 0.25) is 0 Å². The van der Waals surface area contributed by atoms with Crippen LogP contribution < -0.4 is 15.4 Å². The van der Waals surface area contributed by atoms with Crippen molar-refractivity contribution in [2.24, 2.45) is 0 Å². The van der Waals surface area contributed by atoms with Crippen LogP contribution in [0.4, 0.5) is 5.69 Å². The van der Waals surface area contributed by atoms with Crippen LogP contribution in [-0.2, 0) is 16.1 Å². The second-order valence-electron chi connectivity index (χ2n) is 6.30. The van der Waals surface area contributed by atoms with Gasteiger partial charge in [0.15, 0.2) is 5.76 Å². The van der Waals surface area contributed by atoms with Gasteiger partial charge in [-0.1, -0.05) is 22.0 Å². The lowest BCUT2D eigenvalue weighted by Gasteiger charge is -2.06. The summed E-state index contributed by atoms with van der Waals surface area (Å²) in [7, 11) is 1.24. The second-order valence-corrected chi connectivity index (χ2v) is 7.22. The number of benzene rings is 2. The molecule has 160 valence electrons. The van der Waals surface area contributed by atoms with Crippen molar-refractivity contribution >= 4 is 39.4 Å². The third kappa shape index (κ3) is 6.45. The summed E-state index contributed by atoms with van der Waals surface area (Å²) >= 11 is 3.37. The molecule has 0 radical (unpaired) electrons. The lowest BCUT2D eigenvalue weighted by molar-refractivity contribution is -0.139. The van der Waals surface area contributed by atoms with Crippen molar-refractivity contribution in [3.8, 4) is 5.75 Å². The fraction of sp³-hybridized carbons (Fsp3) is 0.136. The van der Waals surface area contributed by atoms with Crippen LogP contribution >= 0.6 is 15.9 Å².